The number of aliphatic hydroxyl groups is 1. The van der Waals surface area contributed by atoms with E-state index in [1.807, 2.05) is 18.2 Å². The molecule has 1 unspecified atom stereocenters. The molecule has 0 aliphatic heterocycles. The zero-order valence-electron chi connectivity index (χ0n) is 10.0. The number of hydrogen-bond acceptors (Lipinski definition) is 2. The van der Waals surface area contributed by atoms with Crippen molar-refractivity contribution in [2.24, 2.45) is 0 Å². The minimum Gasteiger partial charge on any atom is -0.393 e. The first-order valence-electron chi connectivity index (χ1n) is 5.91. The quantitative estimate of drug-likeness (QED) is 0.214. The molecule has 90 valence electrons. The summed E-state index contributed by atoms with van der Waals surface area (Å²) in [6.45, 7) is 2.07. The summed E-state index contributed by atoms with van der Waals surface area (Å²) in [5.74, 6) is 0. The van der Waals surface area contributed by atoms with Crippen molar-refractivity contribution in [3.05, 3.63) is 36.5 Å². The van der Waals surface area contributed by atoms with Crippen LogP contribution in [0.1, 0.15) is 39.0 Å². The van der Waals surface area contributed by atoms with Crippen molar-refractivity contribution in [1.29, 1.82) is 0 Å². The third-order valence-corrected chi connectivity index (χ3v) is 2.13. The lowest BCUT2D eigenvalue weighted by Crippen LogP contribution is -2.02. The van der Waals surface area contributed by atoms with Gasteiger partial charge in [-0.25, -0.2) is 0 Å². The van der Waals surface area contributed by atoms with E-state index in [-0.39, 0.29) is 6.10 Å². The summed E-state index contributed by atoms with van der Waals surface area (Å²) >= 11 is 0. The molecule has 16 heavy (non-hydrogen) atoms. The number of carbonyl (C=O) groups excluding carboxylic acids is 1. The van der Waals surface area contributed by atoms with Gasteiger partial charge >= 0.3 is 0 Å². The van der Waals surface area contributed by atoms with Crippen LogP contribution >= 0.6 is 0 Å². The van der Waals surface area contributed by atoms with Gasteiger partial charge in [-0.05, 0) is 31.8 Å². The van der Waals surface area contributed by atoms with Crippen LogP contribution in [0.4, 0.5) is 0 Å². The van der Waals surface area contributed by atoms with Gasteiger partial charge in [0.15, 0.2) is 0 Å². The molecule has 0 spiro atoms. The van der Waals surface area contributed by atoms with Gasteiger partial charge in [0.25, 0.3) is 0 Å². The smallest absolute Gasteiger partial charge is 0.142 e. The molecule has 2 heteroatoms. The zero-order valence-corrected chi connectivity index (χ0v) is 10.0. The van der Waals surface area contributed by atoms with Crippen LogP contribution in [0.3, 0.4) is 0 Å². The highest BCUT2D eigenvalue weighted by molar-refractivity contribution is 5.65. The number of hydrogen-bond donors (Lipinski definition) is 1. The topological polar surface area (TPSA) is 37.3 Å². The Bertz CT molecular complexity index is 239. The van der Waals surface area contributed by atoms with Crippen LogP contribution in [-0.4, -0.2) is 17.5 Å². The predicted octanol–water partition coefficient (Wildman–Crippen LogP) is 3.19. The molecule has 0 rings (SSSR count). The van der Waals surface area contributed by atoms with Crippen LogP contribution < -0.4 is 0 Å². The summed E-state index contributed by atoms with van der Waals surface area (Å²) < 4.78 is 0. The molecule has 0 aromatic rings. The first-order chi connectivity index (χ1) is 7.81. The standard InChI is InChI=1S/C14H22O2/c1-2-11-14(16)12-9-7-5-3-4-6-8-10-13-15/h4,6-10,13-14,16H,2-3,5,11-12H2,1H3. The molecule has 0 aromatic heterocycles. The van der Waals surface area contributed by atoms with Crippen LogP contribution in [0.2, 0.25) is 0 Å². The van der Waals surface area contributed by atoms with Crippen molar-refractivity contribution in [2.45, 2.75) is 45.1 Å². The summed E-state index contributed by atoms with van der Waals surface area (Å²) in [7, 11) is 0. The fourth-order valence-corrected chi connectivity index (χ4v) is 1.30. The molecule has 1 atom stereocenters. The van der Waals surface area contributed by atoms with E-state index in [0.717, 1.165) is 38.4 Å². The Balaban J connectivity index is 3.43. The minimum absolute atomic E-state index is 0.188. The highest BCUT2D eigenvalue weighted by Crippen LogP contribution is 2.03. The van der Waals surface area contributed by atoms with Crippen molar-refractivity contribution >= 4 is 6.29 Å². The van der Waals surface area contributed by atoms with E-state index < -0.39 is 0 Å². The number of unbranched alkanes of at least 4 members (excludes halogenated alkanes) is 1. The lowest BCUT2D eigenvalue weighted by Gasteiger charge is -2.03. The Kier molecular flexibility index (Phi) is 11.1. The molecule has 0 saturated heterocycles. The SMILES string of the molecule is CCCC(O)CC=CCCC=CC=CC=O. The fourth-order valence-electron chi connectivity index (χ4n) is 1.30. The van der Waals surface area contributed by atoms with Gasteiger partial charge in [-0.2, -0.15) is 0 Å². The molecule has 2 nitrogen and oxygen atoms in total. The number of aldehydes is 1. The molecule has 0 radical (unpaired) electrons. The first kappa shape index (κ1) is 14.8. The molecular weight excluding hydrogens is 200 g/mol. The second-order valence-corrected chi connectivity index (χ2v) is 3.68. The van der Waals surface area contributed by atoms with E-state index in [2.05, 4.69) is 13.0 Å². The molecule has 0 amide bonds. The van der Waals surface area contributed by atoms with Crippen LogP contribution in [0.5, 0.6) is 0 Å². The molecule has 0 aliphatic carbocycles. The van der Waals surface area contributed by atoms with Gasteiger partial charge in [0, 0.05) is 0 Å². The van der Waals surface area contributed by atoms with Crippen molar-refractivity contribution in [3.8, 4) is 0 Å². The summed E-state index contributed by atoms with van der Waals surface area (Å²) in [6.07, 6.45) is 16.4. The molecular formula is C14H22O2. The van der Waals surface area contributed by atoms with E-state index in [4.69, 9.17) is 0 Å². The Hall–Kier alpha value is -1.15. The number of rotatable bonds is 9. The average Bonchev–Trinajstić information content (AvgIpc) is 2.27. The maximum atomic E-state index is 9.94. The third kappa shape index (κ3) is 10.9. The second kappa shape index (κ2) is 11.9. The van der Waals surface area contributed by atoms with Crippen molar-refractivity contribution in [2.75, 3.05) is 0 Å². The normalized spacial score (nSPS) is 14.1. The van der Waals surface area contributed by atoms with Crippen LogP contribution in [0.15, 0.2) is 36.5 Å². The predicted molar refractivity (Wildman–Crippen MR) is 68.2 cm³/mol. The lowest BCUT2D eigenvalue weighted by atomic mass is 10.1. The molecule has 0 aliphatic rings. The third-order valence-electron chi connectivity index (χ3n) is 2.13. The number of allylic oxidation sites excluding steroid dienone is 5. The lowest BCUT2D eigenvalue weighted by molar-refractivity contribution is -0.104. The van der Waals surface area contributed by atoms with E-state index in [0.29, 0.717) is 0 Å². The van der Waals surface area contributed by atoms with Crippen molar-refractivity contribution in [3.63, 3.8) is 0 Å². The number of carbonyl (C=O) groups is 1. The second-order valence-electron chi connectivity index (χ2n) is 3.68. The van der Waals surface area contributed by atoms with Gasteiger partial charge < -0.3 is 5.11 Å². The molecule has 0 heterocycles. The van der Waals surface area contributed by atoms with Gasteiger partial charge in [0.05, 0.1) is 6.10 Å². The average molecular weight is 222 g/mol. The zero-order chi connectivity index (χ0) is 12.1. The van der Waals surface area contributed by atoms with Gasteiger partial charge in [-0.3, -0.25) is 4.79 Å². The molecule has 1 N–H and O–H groups in total. The summed E-state index contributed by atoms with van der Waals surface area (Å²) in [5.41, 5.74) is 0. The number of aliphatic hydroxyl groups excluding tert-OH is 1. The van der Waals surface area contributed by atoms with Crippen molar-refractivity contribution in [1.82, 2.24) is 0 Å². The molecule has 0 fully saturated rings. The van der Waals surface area contributed by atoms with Gasteiger partial charge in [-0.15, -0.1) is 0 Å². The molecule has 0 bridgehead atoms. The summed E-state index contributed by atoms with van der Waals surface area (Å²) in [6, 6.07) is 0. The van der Waals surface area contributed by atoms with Crippen LogP contribution in [-0.2, 0) is 4.79 Å². The summed E-state index contributed by atoms with van der Waals surface area (Å²) in [5, 5.41) is 9.44. The highest BCUT2D eigenvalue weighted by atomic mass is 16.3. The Morgan fingerprint density at radius 3 is 2.50 bits per heavy atom. The monoisotopic (exact) mass is 222 g/mol. The van der Waals surface area contributed by atoms with E-state index in [1.54, 1.807) is 6.08 Å². The summed E-state index contributed by atoms with van der Waals surface area (Å²) in [4.78, 5) is 9.94. The Morgan fingerprint density at radius 2 is 1.81 bits per heavy atom. The highest BCUT2D eigenvalue weighted by Gasteiger charge is 1.97. The van der Waals surface area contributed by atoms with Crippen molar-refractivity contribution < 1.29 is 9.90 Å². The van der Waals surface area contributed by atoms with Gasteiger partial charge in [0.2, 0.25) is 0 Å². The maximum absolute atomic E-state index is 9.94. The van der Waals surface area contributed by atoms with Crippen LogP contribution in [0, 0.1) is 0 Å². The van der Waals surface area contributed by atoms with Crippen LogP contribution in [0.25, 0.3) is 0 Å². The first-order valence-corrected chi connectivity index (χ1v) is 5.91. The molecule has 0 saturated carbocycles. The van der Waals surface area contributed by atoms with E-state index in [9.17, 15) is 9.90 Å². The minimum atomic E-state index is -0.188. The van der Waals surface area contributed by atoms with E-state index >= 15 is 0 Å². The van der Waals surface area contributed by atoms with E-state index in [1.165, 1.54) is 6.08 Å². The largest absolute Gasteiger partial charge is 0.393 e. The van der Waals surface area contributed by atoms with Gasteiger partial charge in [-0.1, -0.05) is 43.7 Å². The fraction of sp³-hybridized carbons (Fsp3) is 0.500. The Labute approximate surface area is 98.4 Å². The molecule has 0 aromatic carbocycles. The maximum Gasteiger partial charge on any atom is 0.142 e. The Morgan fingerprint density at radius 1 is 1.06 bits per heavy atom. The van der Waals surface area contributed by atoms with Gasteiger partial charge in [0.1, 0.15) is 6.29 Å².